The number of nitrogens with zero attached hydrogens (tertiary/aromatic N) is 1. The lowest BCUT2D eigenvalue weighted by atomic mass is 9.77. The maximum atomic E-state index is 10.8. The van der Waals surface area contributed by atoms with Crippen LogP contribution in [-0.2, 0) is 13.5 Å². The SMILES string of the molecule is CC(C)(C)C1C(OS(=O)(=O)Cl)CN1C(=O)O. The zero-order valence-electron chi connectivity index (χ0n) is 9.18. The molecule has 2 atom stereocenters. The molecule has 1 N–H and O–H groups in total. The minimum Gasteiger partial charge on any atom is -0.465 e. The summed E-state index contributed by atoms with van der Waals surface area (Å²) in [6.45, 7) is 5.45. The van der Waals surface area contributed by atoms with E-state index in [-0.39, 0.29) is 6.54 Å². The number of hydrogen-bond donors (Lipinski definition) is 1. The first-order chi connectivity index (χ1) is 7.02. The predicted octanol–water partition coefficient (Wildman–Crippen LogP) is 1.26. The van der Waals surface area contributed by atoms with E-state index in [1.54, 1.807) is 0 Å². The van der Waals surface area contributed by atoms with Gasteiger partial charge in [0, 0.05) is 10.7 Å². The summed E-state index contributed by atoms with van der Waals surface area (Å²) >= 11 is 0. The van der Waals surface area contributed by atoms with Gasteiger partial charge in [-0.1, -0.05) is 20.8 Å². The maximum Gasteiger partial charge on any atom is 0.407 e. The van der Waals surface area contributed by atoms with Crippen molar-refractivity contribution in [2.24, 2.45) is 5.41 Å². The van der Waals surface area contributed by atoms with Gasteiger partial charge in [-0.2, -0.15) is 8.42 Å². The van der Waals surface area contributed by atoms with E-state index in [2.05, 4.69) is 4.18 Å². The fourth-order valence-corrected chi connectivity index (χ4v) is 2.66. The molecule has 0 aromatic heterocycles. The Bertz CT molecular complexity index is 388. The van der Waals surface area contributed by atoms with Gasteiger partial charge in [0.2, 0.25) is 0 Å². The predicted molar refractivity (Wildman–Crippen MR) is 57.6 cm³/mol. The Morgan fingerprint density at radius 2 is 2.00 bits per heavy atom. The van der Waals surface area contributed by atoms with Gasteiger partial charge in [-0.15, -0.1) is 0 Å². The molecular formula is C8H14ClNO5S. The van der Waals surface area contributed by atoms with E-state index in [1.807, 2.05) is 20.8 Å². The van der Waals surface area contributed by atoms with Crippen molar-refractivity contribution in [3.05, 3.63) is 0 Å². The normalized spacial score (nSPS) is 26.4. The third kappa shape index (κ3) is 2.99. The van der Waals surface area contributed by atoms with E-state index in [1.165, 1.54) is 0 Å². The quantitative estimate of drug-likeness (QED) is 0.765. The summed E-state index contributed by atoms with van der Waals surface area (Å²) in [5.74, 6) is 0. The van der Waals surface area contributed by atoms with Crippen LogP contribution in [0.1, 0.15) is 20.8 Å². The van der Waals surface area contributed by atoms with Crippen LogP contribution in [0.4, 0.5) is 4.79 Å². The molecule has 0 aromatic rings. The molecule has 1 aliphatic rings. The summed E-state index contributed by atoms with van der Waals surface area (Å²) in [4.78, 5) is 12.0. The summed E-state index contributed by atoms with van der Waals surface area (Å²) in [5.41, 5.74) is -0.414. The zero-order valence-corrected chi connectivity index (χ0v) is 10.7. The van der Waals surface area contributed by atoms with E-state index in [9.17, 15) is 13.2 Å². The van der Waals surface area contributed by atoms with E-state index in [0.717, 1.165) is 4.90 Å². The molecule has 0 saturated carbocycles. The number of carbonyl (C=O) groups is 1. The maximum absolute atomic E-state index is 10.8. The summed E-state index contributed by atoms with van der Waals surface area (Å²) in [6.07, 6.45) is -1.80. The van der Waals surface area contributed by atoms with Gasteiger partial charge in [-0.3, -0.25) is 9.08 Å². The Morgan fingerprint density at radius 1 is 1.50 bits per heavy atom. The molecule has 1 amide bonds. The van der Waals surface area contributed by atoms with Crippen molar-refractivity contribution in [2.45, 2.75) is 32.9 Å². The summed E-state index contributed by atoms with van der Waals surface area (Å²) in [7, 11) is 0.894. The lowest BCUT2D eigenvalue weighted by molar-refractivity contribution is -0.0738. The van der Waals surface area contributed by atoms with Crippen LogP contribution >= 0.6 is 10.7 Å². The van der Waals surface area contributed by atoms with Gasteiger partial charge in [0.25, 0.3) is 0 Å². The van der Waals surface area contributed by atoms with Crippen molar-refractivity contribution < 1.29 is 22.5 Å². The molecule has 6 nitrogen and oxygen atoms in total. The average Bonchev–Trinajstić information content (AvgIpc) is 1.90. The Morgan fingerprint density at radius 3 is 2.31 bits per heavy atom. The second kappa shape index (κ2) is 4.05. The molecule has 2 unspecified atom stereocenters. The first kappa shape index (κ1) is 13.5. The van der Waals surface area contributed by atoms with Crippen molar-refractivity contribution in [3.63, 3.8) is 0 Å². The minimum absolute atomic E-state index is 0.0171. The molecule has 1 rings (SSSR count). The van der Waals surface area contributed by atoms with Gasteiger partial charge in [0.15, 0.2) is 0 Å². The number of carboxylic acid groups (broad SMARTS) is 1. The van der Waals surface area contributed by atoms with Gasteiger partial charge in [0.1, 0.15) is 6.10 Å². The number of rotatable bonds is 2. The number of amides is 1. The molecule has 1 saturated heterocycles. The van der Waals surface area contributed by atoms with E-state index >= 15 is 0 Å². The highest BCUT2D eigenvalue weighted by atomic mass is 35.7. The summed E-state index contributed by atoms with van der Waals surface area (Å²) < 4.78 is 26.1. The Labute approximate surface area is 98.8 Å². The molecule has 8 heteroatoms. The van der Waals surface area contributed by atoms with Gasteiger partial charge in [-0.05, 0) is 5.41 Å². The largest absolute Gasteiger partial charge is 0.465 e. The van der Waals surface area contributed by atoms with Crippen LogP contribution in [0.3, 0.4) is 0 Å². The average molecular weight is 272 g/mol. The van der Waals surface area contributed by atoms with Gasteiger partial charge < -0.3 is 5.11 Å². The molecule has 1 aliphatic heterocycles. The fourth-order valence-electron chi connectivity index (χ4n) is 1.92. The Hall–Kier alpha value is -0.530. The summed E-state index contributed by atoms with van der Waals surface area (Å²) in [5, 5.41) is 8.87. The van der Waals surface area contributed by atoms with Gasteiger partial charge in [-0.25, -0.2) is 4.79 Å². The molecular weight excluding hydrogens is 258 g/mol. The third-order valence-corrected chi connectivity index (χ3v) is 3.13. The third-order valence-electron chi connectivity index (χ3n) is 2.44. The van der Waals surface area contributed by atoms with E-state index in [0.29, 0.717) is 0 Å². The monoisotopic (exact) mass is 271 g/mol. The highest BCUT2D eigenvalue weighted by molar-refractivity contribution is 8.10. The zero-order chi connectivity index (χ0) is 12.7. The molecule has 0 aliphatic carbocycles. The minimum atomic E-state index is -4.07. The second-order valence-electron chi connectivity index (χ2n) is 4.77. The van der Waals surface area contributed by atoms with Gasteiger partial charge >= 0.3 is 15.4 Å². The van der Waals surface area contributed by atoms with E-state index < -0.39 is 33.0 Å². The van der Waals surface area contributed by atoms with E-state index in [4.69, 9.17) is 15.8 Å². The Balaban J connectivity index is 2.81. The molecule has 16 heavy (non-hydrogen) atoms. The second-order valence-corrected chi connectivity index (χ2v) is 6.89. The van der Waals surface area contributed by atoms with Crippen molar-refractivity contribution >= 4 is 26.1 Å². The molecule has 0 radical (unpaired) electrons. The number of halogens is 1. The molecule has 94 valence electrons. The smallest absolute Gasteiger partial charge is 0.407 e. The molecule has 0 aromatic carbocycles. The van der Waals surface area contributed by atoms with Crippen molar-refractivity contribution in [1.29, 1.82) is 0 Å². The highest BCUT2D eigenvalue weighted by Gasteiger charge is 2.50. The van der Waals surface area contributed by atoms with Crippen LogP contribution in [0.5, 0.6) is 0 Å². The van der Waals surface area contributed by atoms with Crippen LogP contribution in [0.15, 0.2) is 0 Å². The Kier molecular flexibility index (Phi) is 3.42. The van der Waals surface area contributed by atoms with Crippen molar-refractivity contribution in [1.82, 2.24) is 4.90 Å². The van der Waals surface area contributed by atoms with Crippen molar-refractivity contribution in [3.8, 4) is 0 Å². The summed E-state index contributed by atoms with van der Waals surface area (Å²) in [6, 6.07) is -0.515. The van der Waals surface area contributed by atoms with Crippen LogP contribution in [0, 0.1) is 5.41 Å². The van der Waals surface area contributed by atoms with Crippen LogP contribution in [0.2, 0.25) is 0 Å². The van der Waals surface area contributed by atoms with Gasteiger partial charge in [0.05, 0.1) is 12.6 Å². The highest BCUT2D eigenvalue weighted by Crippen LogP contribution is 2.36. The number of hydrogen-bond acceptors (Lipinski definition) is 4. The van der Waals surface area contributed by atoms with Crippen LogP contribution in [0.25, 0.3) is 0 Å². The van der Waals surface area contributed by atoms with Crippen molar-refractivity contribution in [2.75, 3.05) is 6.54 Å². The first-order valence-electron chi connectivity index (χ1n) is 4.65. The lowest BCUT2D eigenvalue weighted by Crippen LogP contribution is -2.67. The molecule has 1 heterocycles. The lowest BCUT2D eigenvalue weighted by Gasteiger charge is -2.51. The number of likely N-dealkylation sites (tertiary alicyclic amines) is 1. The fraction of sp³-hybridized carbons (Fsp3) is 0.875. The molecule has 1 fully saturated rings. The molecule has 0 bridgehead atoms. The van der Waals surface area contributed by atoms with Crippen LogP contribution < -0.4 is 0 Å². The first-order valence-corrected chi connectivity index (χ1v) is 6.88. The topological polar surface area (TPSA) is 83.9 Å². The molecule has 0 spiro atoms. The van der Waals surface area contributed by atoms with Crippen LogP contribution in [-0.4, -0.2) is 43.2 Å². The standard InChI is InChI=1S/C8H14ClNO5S/c1-8(2,3)6-5(15-16(9,13)14)4-10(6)7(11)12/h5-6H,4H2,1-3H3,(H,11,12).